The summed E-state index contributed by atoms with van der Waals surface area (Å²) in [6, 6.07) is 5.62. The predicted octanol–water partition coefficient (Wildman–Crippen LogP) is 3.16. The van der Waals surface area contributed by atoms with E-state index >= 15 is 0 Å². The molecule has 1 saturated carbocycles. The molecule has 0 aliphatic heterocycles. The van der Waals surface area contributed by atoms with E-state index in [2.05, 4.69) is 21.2 Å². The third kappa shape index (κ3) is 5.32. The number of nitrogens with one attached hydrogen (secondary N) is 1. The monoisotopic (exact) mass is 355 g/mol. The Morgan fingerprint density at radius 3 is 2.67 bits per heavy atom. The maximum Gasteiger partial charge on any atom is 0.258 e. The van der Waals surface area contributed by atoms with E-state index in [0.717, 1.165) is 22.9 Å². The number of rotatable bonds is 5. The third-order valence-electron chi connectivity index (χ3n) is 3.78. The second-order valence-corrected chi connectivity index (χ2v) is 6.31. The maximum absolute atomic E-state index is 11.9. The van der Waals surface area contributed by atoms with Crippen LogP contribution in [0.25, 0.3) is 0 Å². The summed E-state index contributed by atoms with van der Waals surface area (Å²) < 4.78 is 6.33. The van der Waals surface area contributed by atoms with Crippen molar-refractivity contribution in [1.29, 1.82) is 0 Å². The third-order valence-corrected chi connectivity index (χ3v) is 4.55. The number of ether oxygens (including phenoxy) is 1. The molecular weight excluding hydrogens is 334 g/mol. The van der Waals surface area contributed by atoms with Gasteiger partial charge in [-0.15, -0.1) is 0 Å². The molecule has 0 heterocycles. The molecule has 116 valence electrons. The zero-order chi connectivity index (χ0) is 15.1. The molecule has 1 aromatic carbocycles. The number of aliphatic hydroxyl groups excluding tert-OH is 1. The van der Waals surface area contributed by atoms with Crippen LogP contribution in [-0.4, -0.2) is 23.7 Å². The number of halogens is 1. The summed E-state index contributed by atoms with van der Waals surface area (Å²) in [5.74, 6) is 0.522. The molecule has 2 rings (SSSR count). The van der Waals surface area contributed by atoms with E-state index in [1.807, 2.05) is 6.07 Å². The Labute approximate surface area is 134 Å². The second-order valence-electron chi connectivity index (χ2n) is 5.46. The molecule has 0 radical (unpaired) electrons. The Kier molecular flexibility index (Phi) is 6.51. The van der Waals surface area contributed by atoms with Crippen molar-refractivity contribution < 1.29 is 14.6 Å². The molecule has 0 bridgehead atoms. The molecule has 1 aromatic rings. The predicted molar refractivity (Wildman–Crippen MR) is 85.2 cm³/mol. The van der Waals surface area contributed by atoms with Crippen molar-refractivity contribution in [3.63, 3.8) is 0 Å². The van der Waals surface area contributed by atoms with Crippen LogP contribution in [0.2, 0.25) is 0 Å². The summed E-state index contributed by atoms with van der Waals surface area (Å²) in [5.41, 5.74) is 0.747. The minimum atomic E-state index is -0.0737. The Balaban J connectivity index is 1.80. The lowest BCUT2D eigenvalue weighted by Crippen LogP contribution is -2.37. The largest absolute Gasteiger partial charge is 0.484 e. The van der Waals surface area contributed by atoms with Gasteiger partial charge in [-0.05, 0) is 36.6 Å². The molecule has 4 nitrogen and oxygen atoms in total. The Bertz CT molecular complexity index is 471. The van der Waals surface area contributed by atoms with Gasteiger partial charge in [-0.25, -0.2) is 0 Å². The van der Waals surface area contributed by atoms with Crippen LogP contribution >= 0.6 is 15.9 Å². The zero-order valence-electron chi connectivity index (χ0n) is 12.1. The highest BCUT2D eigenvalue weighted by molar-refractivity contribution is 9.10. The van der Waals surface area contributed by atoms with Gasteiger partial charge in [-0.2, -0.15) is 0 Å². The smallest absolute Gasteiger partial charge is 0.258 e. The standard InChI is InChI=1S/C16H22BrNO3/c17-15-8-7-14(9-12(15)10-19)21-11-16(20)18-13-5-3-1-2-4-6-13/h7-9,13,19H,1-6,10-11H2,(H,18,20). The van der Waals surface area contributed by atoms with Gasteiger partial charge in [0.05, 0.1) is 6.61 Å². The molecule has 21 heavy (non-hydrogen) atoms. The second kappa shape index (κ2) is 8.39. The molecule has 0 spiro atoms. The molecule has 0 saturated heterocycles. The first-order chi connectivity index (χ1) is 10.2. The van der Waals surface area contributed by atoms with Crippen molar-refractivity contribution in [3.05, 3.63) is 28.2 Å². The van der Waals surface area contributed by atoms with E-state index < -0.39 is 0 Å². The van der Waals surface area contributed by atoms with Gasteiger partial charge < -0.3 is 15.2 Å². The van der Waals surface area contributed by atoms with Crippen LogP contribution in [0.1, 0.15) is 44.1 Å². The first-order valence-corrected chi connectivity index (χ1v) is 8.30. The number of benzene rings is 1. The topological polar surface area (TPSA) is 58.6 Å². The molecule has 2 N–H and O–H groups in total. The summed E-state index contributed by atoms with van der Waals surface area (Å²) in [5, 5.41) is 12.2. The number of carbonyl (C=O) groups is 1. The van der Waals surface area contributed by atoms with Crippen molar-refractivity contribution >= 4 is 21.8 Å². The summed E-state index contributed by atoms with van der Waals surface area (Å²) >= 11 is 3.35. The molecule has 1 aliphatic rings. The fourth-order valence-corrected chi connectivity index (χ4v) is 2.98. The first kappa shape index (κ1) is 16.3. The van der Waals surface area contributed by atoms with Gasteiger partial charge in [-0.1, -0.05) is 41.6 Å². The molecule has 0 atom stereocenters. The SMILES string of the molecule is O=C(COc1ccc(Br)c(CO)c1)NC1CCCCCC1. The minimum absolute atomic E-state index is 0.0169. The van der Waals surface area contributed by atoms with Gasteiger partial charge in [0.15, 0.2) is 6.61 Å². The first-order valence-electron chi connectivity index (χ1n) is 7.50. The molecule has 0 unspecified atom stereocenters. The fraction of sp³-hybridized carbons (Fsp3) is 0.562. The number of amides is 1. The molecule has 5 heteroatoms. The summed E-state index contributed by atoms with van der Waals surface area (Å²) in [6.07, 6.45) is 7.06. The van der Waals surface area contributed by atoms with E-state index in [0.29, 0.717) is 11.8 Å². The average molecular weight is 356 g/mol. The number of hydrogen-bond acceptors (Lipinski definition) is 3. The lowest BCUT2D eigenvalue weighted by molar-refractivity contribution is -0.123. The number of carbonyl (C=O) groups excluding carboxylic acids is 1. The van der Waals surface area contributed by atoms with E-state index in [9.17, 15) is 9.90 Å². The van der Waals surface area contributed by atoms with Crippen molar-refractivity contribution in [3.8, 4) is 5.75 Å². The lowest BCUT2D eigenvalue weighted by Gasteiger charge is -2.16. The van der Waals surface area contributed by atoms with Crippen LogP contribution < -0.4 is 10.1 Å². The Morgan fingerprint density at radius 2 is 2.00 bits per heavy atom. The Hall–Kier alpha value is -1.07. The van der Waals surface area contributed by atoms with Crippen LogP contribution in [0.5, 0.6) is 5.75 Å². The quantitative estimate of drug-likeness (QED) is 0.797. The highest BCUT2D eigenvalue weighted by atomic mass is 79.9. The van der Waals surface area contributed by atoms with E-state index in [1.54, 1.807) is 12.1 Å². The highest BCUT2D eigenvalue weighted by Crippen LogP contribution is 2.22. The molecule has 1 fully saturated rings. The molecule has 1 amide bonds. The fourth-order valence-electron chi connectivity index (χ4n) is 2.60. The number of hydrogen-bond donors (Lipinski definition) is 2. The molecule has 0 aromatic heterocycles. The average Bonchev–Trinajstić information content (AvgIpc) is 2.75. The van der Waals surface area contributed by atoms with Crippen molar-refractivity contribution in [1.82, 2.24) is 5.32 Å². The van der Waals surface area contributed by atoms with Crippen LogP contribution in [0, 0.1) is 0 Å². The summed E-state index contributed by atoms with van der Waals surface area (Å²) in [6.45, 7) is -0.0466. The Morgan fingerprint density at radius 1 is 1.29 bits per heavy atom. The van der Waals surface area contributed by atoms with Crippen LogP contribution in [0.15, 0.2) is 22.7 Å². The highest BCUT2D eigenvalue weighted by Gasteiger charge is 2.15. The van der Waals surface area contributed by atoms with E-state index in [4.69, 9.17) is 4.74 Å². The van der Waals surface area contributed by atoms with Crippen molar-refractivity contribution in [2.45, 2.75) is 51.2 Å². The number of aliphatic hydroxyl groups is 1. The van der Waals surface area contributed by atoms with Gasteiger partial charge in [0.2, 0.25) is 0 Å². The normalized spacial score (nSPS) is 16.3. The minimum Gasteiger partial charge on any atom is -0.484 e. The van der Waals surface area contributed by atoms with Crippen molar-refractivity contribution in [2.75, 3.05) is 6.61 Å². The molecular formula is C16H22BrNO3. The van der Waals surface area contributed by atoms with E-state index in [-0.39, 0.29) is 19.1 Å². The van der Waals surface area contributed by atoms with Crippen LogP contribution in [-0.2, 0) is 11.4 Å². The summed E-state index contributed by atoms with van der Waals surface area (Å²) in [7, 11) is 0. The van der Waals surface area contributed by atoms with Crippen LogP contribution in [0.4, 0.5) is 0 Å². The lowest BCUT2D eigenvalue weighted by atomic mass is 10.1. The van der Waals surface area contributed by atoms with E-state index in [1.165, 1.54) is 25.7 Å². The maximum atomic E-state index is 11.9. The summed E-state index contributed by atoms with van der Waals surface area (Å²) in [4.78, 5) is 11.9. The molecule has 1 aliphatic carbocycles. The zero-order valence-corrected chi connectivity index (χ0v) is 13.7. The van der Waals surface area contributed by atoms with Crippen molar-refractivity contribution in [2.24, 2.45) is 0 Å². The van der Waals surface area contributed by atoms with Gasteiger partial charge in [0, 0.05) is 10.5 Å². The van der Waals surface area contributed by atoms with Gasteiger partial charge in [0.1, 0.15) is 5.75 Å². The van der Waals surface area contributed by atoms with Crippen LogP contribution in [0.3, 0.4) is 0 Å². The van der Waals surface area contributed by atoms with Gasteiger partial charge in [0.25, 0.3) is 5.91 Å². The van der Waals surface area contributed by atoms with Gasteiger partial charge >= 0.3 is 0 Å². The van der Waals surface area contributed by atoms with Gasteiger partial charge in [-0.3, -0.25) is 4.79 Å².